The summed E-state index contributed by atoms with van der Waals surface area (Å²) < 4.78 is 5.82. The fourth-order valence-electron chi connectivity index (χ4n) is 3.78. The van der Waals surface area contributed by atoms with Gasteiger partial charge in [0.05, 0.1) is 5.56 Å². The second-order valence-electron chi connectivity index (χ2n) is 7.39. The van der Waals surface area contributed by atoms with E-state index in [1.54, 1.807) is 24.3 Å². The molecule has 1 atom stereocenters. The third-order valence-electron chi connectivity index (χ3n) is 5.31. The van der Waals surface area contributed by atoms with Crippen molar-refractivity contribution in [2.45, 2.75) is 25.8 Å². The zero-order valence-corrected chi connectivity index (χ0v) is 16.9. The number of nitrogens with one attached hydrogen (secondary N) is 1. The lowest BCUT2D eigenvalue weighted by molar-refractivity contribution is -0.121. The number of aryl methyl sites for hydroxylation is 1. The molecule has 1 N–H and O–H groups in total. The smallest absolute Gasteiger partial charge is 0.265 e. The first-order valence-corrected chi connectivity index (χ1v) is 10.1. The second-order valence-corrected chi connectivity index (χ2v) is 7.39. The molecule has 1 heterocycles. The maximum Gasteiger partial charge on any atom is 0.265 e. The molecule has 3 aromatic carbocycles. The zero-order valence-electron chi connectivity index (χ0n) is 16.9. The van der Waals surface area contributed by atoms with Gasteiger partial charge in [0, 0.05) is 17.4 Å². The minimum atomic E-state index is -0.277. The third kappa shape index (κ3) is 4.20. The van der Waals surface area contributed by atoms with Gasteiger partial charge in [-0.05, 0) is 55.7 Å². The Hall–Kier alpha value is -3.60. The van der Waals surface area contributed by atoms with Gasteiger partial charge in [-0.1, -0.05) is 48.5 Å². The Kier molecular flexibility index (Phi) is 5.80. The number of anilines is 2. The number of rotatable bonds is 5. The summed E-state index contributed by atoms with van der Waals surface area (Å²) in [6, 6.07) is 24.3. The van der Waals surface area contributed by atoms with E-state index in [-0.39, 0.29) is 24.5 Å². The first-order valence-electron chi connectivity index (χ1n) is 10.1. The Morgan fingerprint density at radius 1 is 0.967 bits per heavy atom. The summed E-state index contributed by atoms with van der Waals surface area (Å²) in [4.78, 5) is 27.5. The number of carbonyl (C=O) groups excluding carboxylic acids is 2. The molecule has 0 radical (unpaired) electrons. The van der Waals surface area contributed by atoms with Crippen molar-refractivity contribution in [2.24, 2.45) is 0 Å². The van der Waals surface area contributed by atoms with E-state index in [0.717, 1.165) is 18.5 Å². The highest BCUT2D eigenvalue weighted by molar-refractivity contribution is 6.06. The molecular weight excluding hydrogens is 376 g/mol. The molecule has 30 heavy (non-hydrogen) atoms. The second kappa shape index (κ2) is 8.82. The number of amides is 2. The molecule has 0 saturated heterocycles. The summed E-state index contributed by atoms with van der Waals surface area (Å²) in [6.07, 6.45) is 1.88. The largest absolute Gasteiger partial charge is 0.483 e. The van der Waals surface area contributed by atoms with Crippen molar-refractivity contribution in [1.82, 2.24) is 0 Å². The summed E-state index contributed by atoms with van der Waals surface area (Å²) in [7, 11) is 0. The van der Waals surface area contributed by atoms with Gasteiger partial charge in [-0.2, -0.15) is 0 Å². The van der Waals surface area contributed by atoms with Crippen molar-refractivity contribution in [1.29, 1.82) is 0 Å². The molecule has 1 aliphatic rings. The lowest BCUT2D eigenvalue weighted by atomic mass is 9.96. The number of ether oxygens (including phenoxy) is 1. The van der Waals surface area contributed by atoms with Crippen molar-refractivity contribution in [2.75, 3.05) is 16.8 Å². The van der Waals surface area contributed by atoms with E-state index in [1.165, 1.54) is 5.56 Å². The number of para-hydroxylation sites is 3. The fourth-order valence-corrected chi connectivity index (χ4v) is 3.78. The minimum Gasteiger partial charge on any atom is -0.483 e. The highest BCUT2D eigenvalue weighted by Crippen LogP contribution is 2.30. The van der Waals surface area contributed by atoms with E-state index in [2.05, 4.69) is 18.3 Å². The van der Waals surface area contributed by atoms with Crippen LogP contribution in [0.4, 0.5) is 11.4 Å². The van der Waals surface area contributed by atoms with E-state index in [0.29, 0.717) is 17.0 Å². The molecule has 1 unspecified atom stereocenters. The SMILES string of the molecule is CC1CCc2ccccc2N1C(=O)COc1ccccc1C(=O)Nc1ccccc1. The van der Waals surface area contributed by atoms with E-state index >= 15 is 0 Å². The molecule has 0 aromatic heterocycles. The highest BCUT2D eigenvalue weighted by atomic mass is 16.5. The van der Waals surface area contributed by atoms with Gasteiger partial charge in [0.2, 0.25) is 0 Å². The van der Waals surface area contributed by atoms with Crippen LogP contribution in [-0.2, 0) is 11.2 Å². The average molecular weight is 400 g/mol. The van der Waals surface area contributed by atoms with Crippen molar-refractivity contribution in [3.8, 4) is 5.75 Å². The van der Waals surface area contributed by atoms with Gasteiger partial charge < -0.3 is 15.0 Å². The molecular formula is C25H24N2O3. The summed E-state index contributed by atoms with van der Waals surface area (Å²) in [5.41, 5.74) is 3.21. The predicted molar refractivity (Wildman–Crippen MR) is 118 cm³/mol. The van der Waals surface area contributed by atoms with Crippen LogP contribution in [0.3, 0.4) is 0 Å². The van der Waals surface area contributed by atoms with Gasteiger partial charge in [0.15, 0.2) is 6.61 Å². The molecule has 0 bridgehead atoms. The minimum absolute atomic E-state index is 0.104. The summed E-state index contributed by atoms with van der Waals surface area (Å²) >= 11 is 0. The molecule has 1 aliphatic heterocycles. The first-order chi connectivity index (χ1) is 14.6. The number of benzene rings is 3. The Morgan fingerprint density at radius 3 is 2.50 bits per heavy atom. The predicted octanol–water partition coefficient (Wildman–Crippen LogP) is 4.69. The normalized spacial score (nSPS) is 15.2. The van der Waals surface area contributed by atoms with Crippen LogP contribution in [0.5, 0.6) is 5.75 Å². The van der Waals surface area contributed by atoms with Crippen LogP contribution >= 0.6 is 0 Å². The van der Waals surface area contributed by atoms with E-state index < -0.39 is 0 Å². The van der Waals surface area contributed by atoms with Gasteiger partial charge >= 0.3 is 0 Å². The van der Waals surface area contributed by atoms with Crippen molar-refractivity contribution < 1.29 is 14.3 Å². The van der Waals surface area contributed by atoms with Gasteiger partial charge in [-0.3, -0.25) is 9.59 Å². The van der Waals surface area contributed by atoms with E-state index in [9.17, 15) is 9.59 Å². The van der Waals surface area contributed by atoms with Crippen LogP contribution in [0.15, 0.2) is 78.9 Å². The number of fused-ring (bicyclic) bond motifs is 1. The van der Waals surface area contributed by atoms with Crippen LogP contribution in [0.25, 0.3) is 0 Å². The lowest BCUT2D eigenvalue weighted by Gasteiger charge is -2.35. The molecule has 2 amide bonds. The van der Waals surface area contributed by atoms with Crippen molar-refractivity contribution in [3.63, 3.8) is 0 Å². The van der Waals surface area contributed by atoms with Crippen LogP contribution < -0.4 is 15.0 Å². The molecule has 0 aliphatic carbocycles. The molecule has 0 spiro atoms. The summed E-state index contributed by atoms with van der Waals surface area (Å²) in [5.74, 6) is -0.00826. The monoisotopic (exact) mass is 400 g/mol. The maximum absolute atomic E-state index is 13.0. The Morgan fingerprint density at radius 2 is 1.67 bits per heavy atom. The molecule has 5 heteroatoms. The van der Waals surface area contributed by atoms with E-state index in [1.807, 2.05) is 53.4 Å². The quantitative estimate of drug-likeness (QED) is 0.676. The number of hydrogen-bond donors (Lipinski definition) is 1. The lowest BCUT2D eigenvalue weighted by Crippen LogP contribution is -2.44. The fraction of sp³-hybridized carbons (Fsp3) is 0.200. The Balaban J connectivity index is 1.48. The Labute approximate surface area is 176 Å². The highest BCUT2D eigenvalue weighted by Gasteiger charge is 2.28. The first kappa shape index (κ1) is 19.7. The number of nitrogens with zero attached hydrogens (tertiary/aromatic N) is 1. The number of carbonyl (C=O) groups is 2. The third-order valence-corrected chi connectivity index (χ3v) is 5.31. The van der Waals surface area contributed by atoms with Crippen LogP contribution in [-0.4, -0.2) is 24.5 Å². The van der Waals surface area contributed by atoms with Gasteiger partial charge in [0.25, 0.3) is 11.8 Å². The van der Waals surface area contributed by atoms with Gasteiger partial charge in [-0.15, -0.1) is 0 Å². The molecule has 0 fully saturated rings. The Bertz CT molecular complexity index is 1050. The molecule has 0 saturated carbocycles. The molecule has 152 valence electrons. The van der Waals surface area contributed by atoms with Crippen LogP contribution in [0.2, 0.25) is 0 Å². The summed E-state index contributed by atoms with van der Waals surface area (Å²) in [5, 5.41) is 2.86. The van der Waals surface area contributed by atoms with Gasteiger partial charge in [-0.25, -0.2) is 0 Å². The van der Waals surface area contributed by atoms with Gasteiger partial charge in [0.1, 0.15) is 5.75 Å². The average Bonchev–Trinajstić information content (AvgIpc) is 2.78. The molecule has 5 nitrogen and oxygen atoms in total. The van der Waals surface area contributed by atoms with Crippen LogP contribution in [0, 0.1) is 0 Å². The van der Waals surface area contributed by atoms with Crippen molar-refractivity contribution >= 4 is 23.2 Å². The van der Waals surface area contributed by atoms with Crippen LogP contribution in [0.1, 0.15) is 29.3 Å². The summed E-state index contributed by atoms with van der Waals surface area (Å²) in [6.45, 7) is 1.92. The van der Waals surface area contributed by atoms with Crippen molar-refractivity contribution in [3.05, 3.63) is 90.0 Å². The number of hydrogen-bond acceptors (Lipinski definition) is 3. The maximum atomic E-state index is 13.0. The zero-order chi connectivity index (χ0) is 20.9. The molecule has 4 rings (SSSR count). The van der Waals surface area contributed by atoms with E-state index in [4.69, 9.17) is 4.74 Å². The molecule has 3 aromatic rings. The topological polar surface area (TPSA) is 58.6 Å². The standard InChI is InChI=1S/C25H24N2O3/c1-18-15-16-19-9-5-7-13-22(19)27(18)24(28)17-30-23-14-8-6-12-21(23)25(29)26-20-10-3-2-4-11-20/h2-14,18H,15-17H2,1H3,(H,26,29).